The molecule has 8 heteroatoms. The van der Waals surface area contributed by atoms with E-state index in [0.717, 1.165) is 16.8 Å². The quantitative estimate of drug-likeness (QED) is 0.824. The largest absolute Gasteiger partial charge is 0.379 e. The van der Waals surface area contributed by atoms with Crippen LogP contribution in [0, 0.1) is 6.92 Å². The summed E-state index contributed by atoms with van der Waals surface area (Å²) in [7, 11) is -4.08. The molecule has 4 nitrogen and oxygen atoms in total. The Hall–Kier alpha value is -1.70. The first kappa shape index (κ1) is 19.1. The summed E-state index contributed by atoms with van der Waals surface area (Å²) in [6, 6.07) is 10.1. The molecule has 1 heterocycles. The van der Waals surface area contributed by atoms with E-state index in [4.69, 9.17) is 11.6 Å². The van der Waals surface area contributed by atoms with Crippen molar-refractivity contribution in [2.75, 3.05) is 10.8 Å². The van der Waals surface area contributed by atoms with Gasteiger partial charge in [-0.05, 0) is 44.2 Å². The maximum absolute atomic E-state index is 14.6. The number of hydrogen-bond acceptors (Lipinski definition) is 3. The zero-order chi connectivity index (χ0) is 19.3. The average Bonchev–Trinajstić information content (AvgIpc) is 2.62. The molecule has 1 aliphatic rings. The Morgan fingerprint density at radius 3 is 2.38 bits per heavy atom. The van der Waals surface area contributed by atoms with Crippen LogP contribution in [-0.4, -0.2) is 26.0 Å². The lowest BCUT2D eigenvalue weighted by Gasteiger charge is -2.32. The highest BCUT2D eigenvalue weighted by Crippen LogP contribution is 2.48. The fourth-order valence-electron chi connectivity index (χ4n) is 3.01. The van der Waals surface area contributed by atoms with E-state index in [1.807, 2.05) is 6.92 Å². The van der Waals surface area contributed by atoms with Crippen molar-refractivity contribution in [2.45, 2.75) is 36.7 Å². The average molecular weight is 402 g/mol. The summed E-state index contributed by atoms with van der Waals surface area (Å²) in [5.74, 6) is -3.52. The van der Waals surface area contributed by atoms with Gasteiger partial charge in [-0.2, -0.15) is 0 Å². The SMILES string of the molecule is Cc1ccc(S(=O)(=O)N2CCC(F)(F)C(C)(O)c3cc(Cl)ccc32)cc1. The smallest absolute Gasteiger partial charge is 0.281 e. The number of hydrogen-bond donors (Lipinski definition) is 1. The van der Waals surface area contributed by atoms with Crippen LogP contribution in [0.25, 0.3) is 0 Å². The summed E-state index contributed by atoms with van der Waals surface area (Å²) in [5, 5.41) is 10.7. The molecule has 1 N–H and O–H groups in total. The third-order valence-electron chi connectivity index (χ3n) is 4.70. The van der Waals surface area contributed by atoms with E-state index in [2.05, 4.69) is 0 Å². The molecule has 0 radical (unpaired) electrons. The predicted molar refractivity (Wildman–Crippen MR) is 96.3 cm³/mol. The number of aryl methyl sites for hydroxylation is 1. The van der Waals surface area contributed by atoms with Crippen molar-refractivity contribution >= 4 is 27.3 Å². The summed E-state index contributed by atoms with van der Waals surface area (Å²) >= 11 is 5.92. The second-order valence-electron chi connectivity index (χ2n) is 6.58. The molecule has 0 aromatic heterocycles. The maximum Gasteiger partial charge on any atom is 0.281 e. The minimum absolute atomic E-state index is 0.00264. The fraction of sp³-hybridized carbons (Fsp3) is 0.333. The Balaban J connectivity index is 2.22. The van der Waals surface area contributed by atoms with Crippen LogP contribution in [0.15, 0.2) is 47.4 Å². The molecule has 0 aliphatic carbocycles. The van der Waals surface area contributed by atoms with Gasteiger partial charge in [-0.25, -0.2) is 17.2 Å². The van der Waals surface area contributed by atoms with Gasteiger partial charge >= 0.3 is 0 Å². The van der Waals surface area contributed by atoms with Crippen molar-refractivity contribution in [1.29, 1.82) is 0 Å². The van der Waals surface area contributed by atoms with Crippen LogP contribution in [0.3, 0.4) is 0 Å². The number of fused-ring (bicyclic) bond motifs is 1. The molecule has 0 amide bonds. The minimum Gasteiger partial charge on any atom is -0.379 e. The number of benzene rings is 2. The minimum atomic E-state index is -4.08. The van der Waals surface area contributed by atoms with Crippen LogP contribution in [0.1, 0.15) is 24.5 Å². The monoisotopic (exact) mass is 401 g/mol. The van der Waals surface area contributed by atoms with Crippen molar-refractivity contribution in [1.82, 2.24) is 0 Å². The molecule has 0 saturated heterocycles. The zero-order valence-corrected chi connectivity index (χ0v) is 15.8. The van der Waals surface area contributed by atoms with Crippen LogP contribution in [0.5, 0.6) is 0 Å². The van der Waals surface area contributed by atoms with Crippen molar-refractivity contribution in [3.8, 4) is 0 Å². The second-order valence-corrected chi connectivity index (χ2v) is 8.88. The highest BCUT2D eigenvalue weighted by molar-refractivity contribution is 7.92. The molecule has 0 fully saturated rings. The summed E-state index contributed by atoms with van der Waals surface area (Å²) < 4.78 is 56.2. The number of halogens is 3. The second kappa shape index (κ2) is 6.18. The van der Waals surface area contributed by atoms with Gasteiger partial charge in [0, 0.05) is 23.6 Å². The molecule has 0 spiro atoms. The standard InChI is InChI=1S/C18H18ClF2NO3S/c1-12-3-6-14(7-4-12)26(24,25)22-10-9-18(20,21)17(2,23)15-11-13(19)5-8-16(15)22/h3-8,11,23H,9-10H2,1-2H3. The number of nitrogens with zero attached hydrogens (tertiary/aromatic N) is 1. The van der Waals surface area contributed by atoms with Crippen molar-refractivity contribution in [2.24, 2.45) is 0 Å². The molecule has 0 saturated carbocycles. The van der Waals surface area contributed by atoms with Gasteiger partial charge in [0.2, 0.25) is 0 Å². The fourth-order valence-corrected chi connectivity index (χ4v) is 4.66. The molecule has 3 rings (SSSR count). The van der Waals surface area contributed by atoms with E-state index in [9.17, 15) is 22.3 Å². The number of sulfonamides is 1. The Morgan fingerprint density at radius 2 is 1.77 bits per heavy atom. The number of alkyl halides is 2. The number of aliphatic hydroxyl groups is 1. The van der Waals surface area contributed by atoms with Crippen LogP contribution in [-0.2, 0) is 15.6 Å². The number of anilines is 1. The van der Waals surface area contributed by atoms with Crippen LogP contribution in [0.4, 0.5) is 14.5 Å². The Kier molecular flexibility index (Phi) is 4.53. The third kappa shape index (κ3) is 2.98. The first-order valence-electron chi connectivity index (χ1n) is 7.96. The van der Waals surface area contributed by atoms with Crippen LogP contribution >= 0.6 is 11.6 Å². The molecular weight excluding hydrogens is 384 g/mol. The van der Waals surface area contributed by atoms with E-state index < -0.39 is 34.5 Å². The normalized spacial score (nSPS) is 22.6. The summed E-state index contributed by atoms with van der Waals surface area (Å²) in [6.45, 7) is 2.33. The van der Waals surface area contributed by atoms with Crippen molar-refractivity contribution in [3.05, 3.63) is 58.6 Å². The topological polar surface area (TPSA) is 57.6 Å². The third-order valence-corrected chi connectivity index (χ3v) is 6.76. The van der Waals surface area contributed by atoms with E-state index in [1.54, 1.807) is 12.1 Å². The summed E-state index contributed by atoms with van der Waals surface area (Å²) in [6.07, 6.45) is -0.822. The van der Waals surface area contributed by atoms with Gasteiger partial charge in [-0.3, -0.25) is 4.31 Å². The van der Waals surface area contributed by atoms with Gasteiger partial charge in [0.1, 0.15) is 0 Å². The van der Waals surface area contributed by atoms with E-state index in [-0.39, 0.29) is 21.2 Å². The highest BCUT2D eigenvalue weighted by Gasteiger charge is 2.54. The molecule has 1 atom stereocenters. The Morgan fingerprint density at radius 1 is 1.15 bits per heavy atom. The van der Waals surface area contributed by atoms with E-state index in [1.165, 1.54) is 30.3 Å². The lowest BCUT2D eigenvalue weighted by molar-refractivity contribution is -0.177. The molecule has 1 aliphatic heterocycles. The van der Waals surface area contributed by atoms with Gasteiger partial charge in [-0.15, -0.1) is 0 Å². The van der Waals surface area contributed by atoms with Gasteiger partial charge < -0.3 is 5.11 Å². The van der Waals surface area contributed by atoms with E-state index >= 15 is 0 Å². The lowest BCUT2D eigenvalue weighted by Crippen LogP contribution is -2.42. The number of rotatable bonds is 2. The molecular formula is C18H18ClF2NO3S. The first-order chi connectivity index (χ1) is 12.0. The Bertz CT molecular complexity index is 943. The van der Waals surface area contributed by atoms with Crippen molar-refractivity contribution < 1.29 is 22.3 Å². The van der Waals surface area contributed by atoms with Gasteiger partial charge in [0.15, 0.2) is 5.60 Å². The van der Waals surface area contributed by atoms with Crippen LogP contribution in [0.2, 0.25) is 5.02 Å². The van der Waals surface area contributed by atoms with Gasteiger partial charge in [0.05, 0.1) is 10.6 Å². The molecule has 140 valence electrons. The maximum atomic E-state index is 14.6. The lowest BCUT2D eigenvalue weighted by atomic mass is 9.87. The molecule has 1 unspecified atom stereocenters. The highest BCUT2D eigenvalue weighted by atomic mass is 35.5. The van der Waals surface area contributed by atoms with Crippen molar-refractivity contribution in [3.63, 3.8) is 0 Å². The molecule has 2 aromatic carbocycles. The van der Waals surface area contributed by atoms with Gasteiger partial charge in [-0.1, -0.05) is 29.3 Å². The predicted octanol–water partition coefficient (Wildman–Crippen LogP) is 4.09. The van der Waals surface area contributed by atoms with E-state index in [0.29, 0.717) is 0 Å². The zero-order valence-electron chi connectivity index (χ0n) is 14.2. The molecule has 26 heavy (non-hydrogen) atoms. The summed E-state index contributed by atoms with van der Waals surface area (Å²) in [4.78, 5) is -0.00569. The van der Waals surface area contributed by atoms with Gasteiger partial charge in [0.25, 0.3) is 15.9 Å². The summed E-state index contributed by atoms with van der Waals surface area (Å²) in [5.41, 5.74) is -1.90. The molecule has 2 aromatic rings. The molecule has 0 bridgehead atoms. The van der Waals surface area contributed by atoms with Crippen LogP contribution < -0.4 is 4.31 Å². The Labute approximate surface area is 156 Å². The first-order valence-corrected chi connectivity index (χ1v) is 9.78.